The van der Waals surface area contributed by atoms with Gasteiger partial charge in [0.1, 0.15) is 5.82 Å². The number of nitrogens with one attached hydrogen (secondary N) is 2. The van der Waals surface area contributed by atoms with Gasteiger partial charge in [-0.05, 0) is 25.8 Å². The molecule has 16 heavy (non-hydrogen) atoms. The van der Waals surface area contributed by atoms with Crippen molar-refractivity contribution in [3.63, 3.8) is 0 Å². The topological polar surface area (TPSA) is 54.8 Å². The van der Waals surface area contributed by atoms with Crippen LogP contribution in [0, 0.1) is 0 Å². The van der Waals surface area contributed by atoms with Crippen molar-refractivity contribution in [3.8, 4) is 0 Å². The van der Waals surface area contributed by atoms with Crippen LogP contribution in [0.3, 0.4) is 0 Å². The molecular formula is C11H21N5. The Morgan fingerprint density at radius 2 is 2.31 bits per heavy atom. The average molecular weight is 223 g/mol. The Balaban J connectivity index is 1.86. The van der Waals surface area contributed by atoms with E-state index < -0.39 is 0 Å². The minimum atomic E-state index is 0.670. The maximum absolute atomic E-state index is 4.19. The Kier molecular flexibility index (Phi) is 3.77. The van der Waals surface area contributed by atoms with E-state index in [-0.39, 0.29) is 0 Å². The van der Waals surface area contributed by atoms with Gasteiger partial charge in [-0.3, -0.25) is 0 Å². The van der Waals surface area contributed by atoms with Gasteiger partial charge in [-0.2, -0.15) is 0 Å². The van der Waals surface area contributed by atoms with Crippen molar-refractivity contribution >= 4 is 5.95 Å². The van der Waals surface area contributed by atoms with E-state index in [1.54, 1.807) is 0 Å². The van der Waals surface area contributed by atoms with E-state index >= 15 is 0 Å². The van der Waals surface area contributed by atoms with Crippen LogP contribution in [0.5, 0.6) is 0 Å². The number of nitrogens with zero attached hydrogens (tertiary/aromatic N) is 3. The summed E-state index contributed by atoms with van der Waals surface area (Å²) in [4.78, 5) is 0. The Hall–Kier alpha value is -1.10. The highest BCUT2D eigenvalue weighted by molar-refractivity contribution is 5.23. The smallest absolute Gasteiger partial charge is 0.224 e. The molecule has 0 aromatic carbocycles. The van der Waals surface area contributed by atoms with Crippen molar-refractivity contribution < 1.29 is 0 Å². The SMILES string of the molecule is CNc1nnc(CCC2CCCCN2)n1C. The third-order valence-electron chi connectivity index (χ3n) is 3.32. The Labute approximate surface area is 96.6 Å². The summed E-state index contributed by atoms with van der Waals surface area (Å²) < 4.78 is 2.03. The fraction of sp³-hybridized carbons (Fsp3) is 0.818. The van der Waals surface area contributed by atoms with Crippen LogP contribution in [0.25, 0.3) is 0 Å². The van der Waals surface area contributed by atoms with Crippen LogP contribution in [0.1, 0.15) is 31.5 Å². The third kappa shape index (κ3) is 2.52. The first-order valence-electron chi connectivity index (χ1n) is 6.10. The van der Waals surface area contributed by atoms with Crippen molar-refractivity contribution in [2.75, 3.05) is 18.9 Å². The van der Waals surface area contributed by atoms with Crippen molar-refractivity contribution in [1.29, 1.82) is 0 Å². The number of hydrogen-bond donors (Lipinski definition) is 2. The molecule has 2 N–H and O–H groups in total. The van der Waals surface area contributed by atoms with E-state index in [1.165, 1.54) is 25.8 Å². The lowest BCUT2D eigenvalue weighted by Gasteiger charge is -2.23. The van der Waals surface area contributed by atoms with Gasteiger partial charge in [0.2, 0.25) is 5.95 Å². The summed E-state index contributed by atoms with van der Waals surface area (Å²) in [6.45, 7) is 1.17. The van der Waals surface area contributed by atoms with E-state index in [0.29, 0.717) is 6.04 Å². The molecule has 0 saturated carbocycles. The summed E-state index contributed by atoms with van der Waals surface area (Å²) in [5.74, 6) is 1.91. The zero-order valence-corrected chi connectivity index (χ0v) is 10.2. The molecule has 1 unspecified atom stereocenters. The molecular weight excluding hydrogens is 202 g/mol. The van der Waals surface area contributed by atoms with Gasteiger partial charge >= 0.3 is 0 Å². The largest absolute Gasteiger partial charge is 0.357 e. The van der Waals surface area contributed by atoms with Crippen LogP contribution in [0.2, 0.25) is 0 Å². The Morgan fingerprint density at radius 1 is 1.44 bits per heavy atom. The van der Waals surface area contributed by atoms with Gasteiger partial charge < -0.3 is 15.2 Å². The summed E-state index contributed by atoms with van der Waals surface area (Å²) in [5.41, 5.74) is 0. The molecule has 0 bridgehead atoms. The summed E-state index contributed by atoms with van der Waals surface area (Å²) in [7, 11) is 3.88. The number of rotatable bonds is 4. The van der Waals surface area contributed by atoms with E-state index in [4.69, 9.17) is 0 Å². The highest BCUT2D eigenvalue weighted by Gasteiger charge is 2.14. The standard InChI is InChI=1S/C11H21N5/c1-12-11-15-14-10(16(11)2)7-6-9-5-3-4-8-13-9/h9,13H,3-8H2,1-2H3,(H,12,15). The minimum absolute atomic E-state index is 0.670. The Bertz CT molecular complexity index is 327. The van der Waals surface area contributed by atoms with Crippen LogP contribution in [0.15, 0.2) is 0 Å². The number of aryl methyl sites for hydroxylation is 1. The molecule has 5 nitrogen and oxygen atoms in total. The van der Waals surface area contributed by atoms with Gasteiger partial charge in [-0.15, -0.1) is 10.2 Å². The van der Waals surface area contributed by atoms with Gasteiger partial charge in [0.25, 0.3) is 0 Å². The van der Waals surface area contributed by atoms with Crippen molar-refractivity contribution in [2.45, 2.75) is 38.1 Å². The summed E-state index contributed by atoms with van der Waals surface area (Å²) in [6, 6.07) is 0.670. The Morgan fingerprint density at radius 3 is 2.94 bits per heavy atom. The predicted molar refractivity (Wildman–Crippen MR) is 64.5 cm³/mol. The van der Waals surface area contributed by atoms with Gasteiger partial charge in [0.05, 0.1) is 0 Å². The maximum atomic E-state index is 4.19. The highest BCUT2D eigenvalue weighted by atomic mass is 15.3. The molecule has 2 rings (SSSR count). The molecule has 5 heteroatoms. The average Bonchev–Trinajstić information content (AvgIpc) is 2.69. The summed E-state index contributed by atoms with van der Waals surface area (Å²) >= 11 is 0. The van der Waals surface area contributed by atoms with E-state index in [0.717, 1.165) is 24.6 Å². The van der Waals surface area contributed by atoms with E-state index in [2.05, 4.69) is 20.8 Å². The number of aromatic nitrogens is 3. The van der Waals surface area contributed by atoms with Crippen molar-refractivity contribution in [3.05, 3.63) is 5.82 Å². The molecule has 1 saturated heterocycles. The number of piperidine rings is 1. The van der Waals surface area contributed by atoms with Crippen LogP contribution in [-0.4, -0.2) is 34.4 Å². The lowest BCUT2D eigenvalue weighted by Crippen LogP contribution is -2.34. The molecule has 0 aliphatic carbocycles. The van der Waals surface area contributed by atoms with Gasteiger partial charge in [0.15, 0.2) is 0 Å². The predicted octanol–water partition coefficient (Wildman–Crippen LogP) is 0.931. The molecule has 0 amide bonds. The monoisotopic (exact) mass is 223 g/mol. The lowest BCUT2D eigenvalue weighted by atomic mass is 10.0. The zero-order chi connectivity index (χ0) is 11.4. The van der Waals surface area contributed by atoms with Crippen LogP contribution < -0.4 is 10.6 Å². The molecule has 2 heterocycles. The second-order valence-electron chi connectivity index (χ2n) is 4.43. The maximum Gasteiger partial charge on any atom is 0.224 e. The van der Waals surface area contributed by atoms with Crippen LogP contribution >= 0.6 is 0 Å². The molecule has 0 radical (unpaired) electrons. The molecule has 1 atom stereocenters. The summed E-state index contributed by atoms with van der Waals surface area (Å²) in [6.07, 6.45) is 6.15. The second-order valence-corrected chi connectivity index (χ2v) is 4.43. The molecule has 1 aromatic heterocycles. The third-order valence-corrected chi connectivity index (χ3v) is 3.32. The fourth-order valence-electron chi connectivity index (χ4n) is 2.27. The first-order chi connectivity index (χ1) is 7.81. The van der Waals surface area contributed by atoms with Crippen LogP contribution in [0.4, 0.5) is 5.95 Å². The minimum Gasteiger partial charge on any atom is -0.357 e. The molecule has 1 aliphatic rings. The molecule has 1 fully saturated rings. The normalized spacial score (nSPS) is 21.0. The van der Waals surface area contributed by atoms with Gasteiger partial charge in [-0.25, -0.2) is 0 Å². The van der Waals surface area contributed by atoms with Crippen molar-refractivity contribution in [2.24, 2.45) is 7.05 Å². The molecule has 90 valence electrons. The number of hydrogen-bond acceptors (Lipinski definition) is 4. The zero-order valence-electron chi connectivity index (χ0n) is 10.2. The van der Waals surface area contributed by atoms with Gasteiger partial charge in [-0.1, -0.05) is 6.42 Å². The first-order valence-corrected chi connectivity index (χ1v) is 6.10. The number of anilines is 1. The van der Waals surface area contributed by atoms with Gasteiger partial charge in [0, 0.05) is 26.6 Å². The fourth-order valence-corrected chi connectivity index (χ4v) is 2.27. The summed E-state index contributed by atoms with van der Waals surface area (Å²) in [5, 5.41) is 14.9. The first kappa shape index (κ1) is 11.4. The highest BCUT2D eigenvalue weighted by Crippen LogP contribution is 2.13. The van der Waals surface area contributed by atoms with Crippen LogP contribution in [-0.2, 0) is 13.5 Å². The molecule has 0 spiro atoms. The molecule has 1 aromatic rings. The van der Waals surface area contributed by atoms with Crippen molar-refractivity contribution in [1.82, 2.24) is 20.1 Å². The lowest BCUT2D eigenvalue weighted by molar-refractivity contribution is 0.379. The molecule has 1 aliphatic heterocycles. The quantitative estimate of drug-likeness (QED) is 0.797. The second kappa shape index (κ2) is 5.30. The van der Waals surface area contributed by atoms with E-state index in [1.807, 2.05) is 18.7 Å². The van der Waals surface area contributed by atoms with E-state index in [9.17, 15) is 0 Å².